The number of halogens is 4. The third kappa shape index (κ3) is 5.05. The summed E-state index contributed by atoms with van der Waals surface area (Å²) in [6, 6.07) is 10.3. The van der Waals surface area contributed by atoms with E-state index < -0.39 is 11.7 Å². The van der Waals surface area contributed by atoms with Crippen LogP contribution in [0.5, 0.6) is 0 Å². The van der Waals surface area contributed by atoms with Crippen molar-refractivity contribution >= 4 is 27.3 Å². The summed E-state index contributed by atoms with van der Waals surface area (Å²) in [5, 5.41) is 0. The fourth-order valence-electron chi connectivity index (χ4n) is 2.53. The summed E-state index contributed by atoms with van der Waals surface area (Å²) in [5.74, 6) is 0. The highest BCUT2D eigenvalue weighted by Gasteiger charge is 2.32. The molecular weight excluding hydrogens is 391 g/mol. The molecule has 2 aromatic rings. The average molecular weight is 410 g/mol. The first-order chi connectivity index (χ1) is 11.6. The molecular formula is C20H19BrF3N. The monoisotopic (exact) mass is 409 g/mol. The van der Waals surface area contributed by atoms with Crippen LogP contribution >= 0.6 is 15.9 Å². The van der Waals surface area contributed by atoms with E-state index in [9.17, 15) is 13.2 Å². The summed E-state index contributed by atoms with van der Waals surface area (Å²) in [4.78, 5) is 4.66. The van der Waals surface area contributed by atoms with Crippen LogP contribution in [0.3, 0.4) is 0 Å². The maximum Gasteiger partial charge on any atom is 0.416 e. The Labute approximate surface area is 154 Å². The molecule has 0 aliphatic heterocycles. The molecule has 2 rings (SSSR count). The van der Waals surface area contributed by atoms with E-state index in [2.05, 4.69) is 27.5 Å². The molecule has 0 aliphatic carbocycles. The summed E-state index contributed by atoms with van der Waals surface area (Å²) >= 11 is 3.44. The summed E-state index contributed by atoms with van der Waals surface area (Å²) in [6.07, 6.45) is -3.81. The molecule has 0 radical (unpaired) electrons. The average Bonchev–Trinajstić information content (AvgIpc) is 2.48. The van der Waals surface area contributed by atoms with Crippen LogP contribution in [-0.2, 0) is 6.18 Å². The zero-order valence-electron chi connectivity index (χ0n) is 14.3. The Balaban J connectivity index is 2.57. The molecule has 0 heterocycles. The Morgan fingerprint density at radius 2 is 1.80 bits per heavy atom. The van der Waals surface area contributed by atoms with Crippen LogP contribution in [-0.4, -0.2) is 5.71 Å². The highest BCUT2D eigenvalue weighted by Crippen LogP contribution is 2.35. The van der Waals surface area contributed by atoms with Gasteiger partial charge in [-0.05, 0) is 61.7 Å². The van der Waals surface area contributed by atoms with Crippen LogP contribution in [0.15, 0.2) is 58.0 Å². The van der Waals surface area contributed by atoms with Gasteiger partial charge >= 0.3 is 6.18 Å². The van der Waals surface area contributed by atoms with Gasteiger partial charge in [0.25, 0.3) is 0 Å². The molecule has 0 bridgehead atoms. The van der Waals surface area contributed by atoms with Gasteiger partial charge < -0.3 is 0 Å². The minimum Gasteiger partial charge on any atom is -0.252 e. The maximum atomic E-state index is 13.1. The second kappa shape index (κ2) is 7.56. The van der Waals surface area contributed by atoms with Crippen molar-refractivity contribution < 1.29 is 13.2 Å². The lowest BCUT2D eigenvalue weighted by Gasteiger charge is -2.14. The van der Waals surface area contributed by atoms with Crippen LogP contribution in [0.4, 0.5) is 18.9 Å². The molecule has 0 aliphatic rings. The summed E-state index contributed by atoms with van der Waals surface area (Å²) < 4.78 is 40.1. The second-order valence-corrected chi connectivity index (χ2v) is 7.07. The van der Waals surface area contributed by atoms with Gasteiger partial charge in [-0.25, -0.2) is 0 Å². The first-order valence-corrected chi connectivity index (χ1v) is 8.53. The summed E-state index contributed by atoms with van der Waals surface area (Å²) in [5.41, 5.74) is 3.20. The first-order valence-electron chi connectivity index (χ1n) is 7.74. The topological polar surface area (TPSA) is 12.4 Å². The van der Waals surface area contributed by atoms with Crippen molar-refractivity contribution in [2.24, 2.45) is 4.99 Å². The number of nitrogens with zero attached hydrogens (tertiary/aromatic N) is 1. The van der Waals surface area contributed by atoms with Crippen molar-refractivity contribution in [3.8, 4) is 0 Å². The lowest BCUT2D eigenvalue weighted by molar-refractivity contribution is -0.138. The van der Waals surface area contributed by atoms with E-state index in [1.807, 2.05) is 31.2 Å². The predicted octanol–water partition coefficient (Wildman–Crippen LogP) is 7.17. The lowest BCUT2D eigenvalue weighted by Crippen LogP contribution is -2.08. The van der Waals surface area contributed by atoms with Gasteiger partial charge in [0.1, 0.15) is 0 Å². The number of alkyl halides is 3. The standard InChI is InChI=1S/C20H19BrF3N/c1-12(2)8-19(15-6-5-7-16(21)11-15)25-18-10-13(3)17(9-14(18)4)20(22,23)24/h5-7,9-11H,1,8H2,2-4H3. The third-order valence-corrected chi connectivity index (χ3v) is 4.22. The van der Waals surface area contributed by atoms with Crippen LogP contribution in [0.1, 0.15) is 35.6 Å². The van der Waals surface area contributed by atoms with E-state index in [1.54, 1.807) is 6.92 Å². The van der Waals surface area contributed by atoms with Crippen LogP contribution in [0.2, 0.25) is 0 Å². The van der Waals surface area contributed by atoms with E-state index >= 15 is 0 Å². The highest BCUT2D eigenvalue weighted by atomic mass is 79.9. The number of hydrogen-bond donors (Lipinski definition) is 0. The van der Waals surface area contributed by atoms with E-state index in [4.69, 9.17) is 0 Å². The minimum absolute atomic E-state index is 0.167. The van der Waals surface area contributed by atoms with Crippen LogP contribution in [0.25, 0.3) is 0 Å². The van der Waals surface area contributed by atoms with E-state index in [-0.39, 0.29) is 5.56 Å². The molecule has 0 amide bonds. The van der Waals surface area contributed by atoms with E-state index in [0.717, 1.165) is 27.4 Å². The minimum atomic E-state index is -4.36. The molecule has 0 atom stereocenters. The van der Waals surface area contributed by atoms with Crippen molar-refractivity contribution in [1.29, 1.82) is 0 Å². The van der Waals surface area contributed by atoms with Gasteiger partial charge in [0.05, 0.1) is 17.0 Å². The molecule has 0 saturated heterocycles. The fourth-order valence-corrected chi connectivity index (χ4v) is 2.93. The Morgan fingerprint density at radius 1 is 1.12 bits per heavy atom. The summed E-state index contributed by atoms with van der Waals surface area (Å²) in [6.45, 7) is 8.93. The zero-order valence-corrected chi connectivity index (χ0v) is 15.9. The SMILES string of the molecule is C=C(C)CC(=Nc1cc(C)c(C(F)(F)F)cc1C)c1cccc(Br)c1. The Morgan fingerprint density at radius 3 is 2.36 bits per heavy atom. The molecule has 5 heteroatoms. The molecule has 25 heavy (non-hydrogen) atoms. The molecule has 132 valence electrons. The number of allylic oxidation sites excluding steroid dienone is 1. The Bertz CT molecular complexity index is 835. The van der Waals surface area contributed by atoms with Crippen molar-refractivity contribution in [1.82, 2.24) is 0 Å². The Kier molecular flexibility index (Phi) is 5.88. The highest BCUT2D eigenvalue weighted by molar-refractivity contribution is 9.10. The second-order valence-electron chi connectivity index (χ2n) is 6.15. The smallest absolute Gasteiger partial charge is 0.252 e. The van der Waals surface area contributed by atoms with Gasteiger partial charge in [-0.2, -0.15) is 13.2 Å². The van der Waals surface area contributed by atoms with Gasteiger partial charge in [0.2, 0.25) is 0 Å². The maximum absolute atomic E-state index is 13.1. The van der Waals surface area contributed by atoms with Gasteiger partial charge in [0, 0.05) is 10.9 Å². The van der Waals surface area contributed by atoms with E-state index in [1.165, 1.54) is 13.0 Å². The largest absolute Gasteiger partial charge is 0.416 e. The van der Waals surface area contributed by atoms with Gasteiger partial charge in [-0.15, -0.1) is 0 Å². The van der Waals surface area contributed by atoms with Crippen molar-refractivity contribution in [3.05, 3.63) is 75.3 Å². The van der Waals surface area contributed by atoms with E-state index in [0.29, 0.717) is 17.7 Å². The predicted molar refractivity (Wildman–Crippen MR) is 101 cm³/mol. The van der Waals surface area contributed by atoms with Crippen molar-refractivity contribution in [2.45, 2.75) is 33.4 Å². The first kappa shape index (κ1) is 19.4. The van der Waals surface area contributed by atoms with Gasteiger partial charge in [-0.3, -0.25) is 4.99 Å². The number of aliphatic imine (C=N–C) groups is 1. The van der Waals surface area contributed by atoms with Crippen LogP contribution < -0.4 is 0 Å². The quantitative estimate of drug-likeness (QED) is 0.374. The molecule has 0 aromatic heterocycles. The molecule has 0 unspecified atom stereocenters. The number of benzene rings is 2. The van der Waals surface area contributed by atoms with Crippen molar-refractivity contribution in [2.75, 3.05) is 0 Å². The Hall–Kier alpha value is -1.88. The molecule has 0 fully saturated rings. The number of rotatable bonds is 4. The molecule has 0 saturated carbocycles. The molecule has 0 N–H and O–H groups in total. The lowest BCUT2D eigenvalue weighted by atomic mass is 10.0. The fraction of sp³-hybridized carbons (Fsp3) is 0.250. The number of hydrogen-bond acceptors (Lipinski definition) is 1. The molecule has 2 aromatic carbocycles. The third-order valence-electron chi connectivity index (χ3n) is 3.73. The van der Waals surface area contributed by atoms with Crippen molar-refractivity contribution in [3.63, 3.8) is 0 Å². The normalized spacial score (nSPS) is 12.4. The summed E-state index contributed by atoms with van der Waals surface area (Å²) in [7, 11) is 0. The molecule has 1 nitrogen and oxygen atoms in total. The van der Waals surface area contributed by atoms with Crippen LogP contribution in [0, 0.1) is 13.8 Å². The van der Waals surface area contributed by atoms with Gasteiger partial charge in [0.15, 0.2) is 0 Å². The van der Waals surface area contributed by atoms with Gasteiger partial charge in [-0.1, -0.05) is 40.2 Å². The number of aryl methyl sites for hydroxylation is 2. The molecule has 0 spiro atoms. The zero-order chi connectivity index (χ0) is 18.8.